The van der Waals surface area contributed by atoms with Crippen LogP contribution in [-0.4, -0.2) is 4.57 Å². The van der Waals surface area contributed by atoms with E-state index in [9.17, 15) is 0 Å². The summed E-state index contributed by atoms with van der Waals surface area (Å²) in [5, 5.41) is 7.06. The highest BCUT2D eigenvalue weighted by atomic mass is 16.3. The second-order valence-corrected chi connectivity index (χ2v) is 16.5. The molecule has 0 saturated heterocycles. The van der Waals surface area contributed by atoms with Crippen molar-refractivity contribution in [2.45, 2.75) is 0 Å². The topological polar surface area (TPSA) is 34.5 Å². The summed E-state index contributed by atoms with van der Waals surface area (Å²) in [6.07, 6.45) is 0. The Morgan fingerprint density at radius 1 is 0.266 bits per heavy atom. The highest BCUT2D eigenvalue weighted by molar-refractivity contribution is 6.10. The van der Waals surface area contributed by atoms with Crippen LogP contribution in [0.3, 0.4) is 0 Å². The van der Waals surface area contributed by atoms with E-state index in [0.29, 0.717) is 0 Å². The van der Waals surface area contributed by atoms with E-state index in [2.05, 4.69) is 216 Å². The molecule has 0 radical (unpaired) electrons. The normalized spacial score (nSPS) is 11.8. The van der Waals surface area contributed by atoms with Crippen LogP contribution in [0.5, 0.6) is 0 Å². The molecule has 0 aliphatic rings. The smallest absolute Gasteiger partial charge is 0.136 e. The summed E-state index contributed by atoms with van der Waals surface area (Å²) in [5.74, 6) is 0. The molecule has 10 aromatic carbocycles. The Hall–Kier alpha value is -8.60. The molecule has 3 aromatic heterocycles. The molecule has 0 fully saturated rings. The molecule has 0 saturated carbocycles. The summed E-state index contributed by atoms with van der Waals surface area (Å²) in [6, 6.07) is 82.3. The molecular weight excluding hydrogens is 781 g/mol. The van der Waals surface area contributed by atoms with Gasteiger partial charge in [-0.05, 0) is 130 Å². The fraction of sp³-hybridized carbons (Fsp3) is 0. The van der Waals surface area contributed by atoms with Gasteiger partial charge in [-0.15, -0.1) is 0 Å². The number of fused-ring (bicyclic) bond motifs is 9. The minimum absolute atomic E-state index is 0.895. The maximum atomic E-state index is 6.25. The van der Waals surface area contributed by atoms with Crippen LogP contribution in [0.4, 0.5) is 17.1 Å². The largest absolute Gasteiger partial charge is 0.456 e. The Morgan fingerprint density at radius 3 is 1.05 bits per heavy atom. The molecule has 0 amide bonds. The van der Waals surface area contributed by atoms with Gasteiger partial charge >= 0.3 is 0 Å². The fourth-order valence-corrected chi connectivity index (χ4v) is 9.67. The van der Waals surface area contributed by atoms with Gasteiger partial charge in [-0.25, -0.2) is 0 Å². The predicted octanol–water partition coefficient (Wildman–Crippen LogP) is 17.1. The molecule has 4 heteroatoms. The van der Waals surface area contributed by atoms with Crippen molar-refractivity contribution >= 4 is 82.7 Å². The standard InChI is InChI=1S/C60H38N2O2/c1-5-13-55-49(9-1)50-10-2-6-14-56(50)62(55)48-33-31-47(32-34-48)61(46-29-23-42(24-30-46)44-26-36-54-52-12-4-8-16-58(52)64-60(54)38-44)45-27-21-40(22-28-45)39-17-19-41(20-18-39)43-25-35-53-51-11-3-7-15-57(51)63-59(53)37-43/h1-38H. The molecule has 0 aliphatic carbocycles. The average Bonchev–Trinajstić information content (AvgIpc) is 4.04. The lowest BCUT2D eigenvalue weighted by Crippen LogP contribution is -2.10. The van der Waals surface area contributed by atoms with Crippen LogP contribution in [0.2, 0.25) is 0 Å². The van der Waals surface area contributed by atoms with E-state index in [0.717, 1.165) is 100 Å². The number of nitrogens with zero attached hydrogens (tertiary/aromatic N) is 2. The summed E-state index contributed by atoms with van der Waals surface area (Å²) in [4.78, 5) is 2.34. The number of hydrogen-bond acceptors (Lipinski definition) is 3. The third-order valence-electron chi connectivity index (χ3n) is 12.8. The summed E-state index contributed by atoms with van der Waals surface area (Å²) in [6.45, 7) is 0. The van der Waals surface area contributed by atoms with Gasteiger partial charge in [0, 0.05) is 55.1 Å². The van der Waals surface area contributed by atoms with Gasteiger partial charge in [0.25, 0.3) is 0 Å². The molecule has 0 atom stereocenters. The van der Waals surface area contributed by atoms with Gasteiger partial charge in [0.1, 0.15) is 22.3 Å². The summed E-state index contributed by atoms with van der Waals surface area (Å²) >= 11 is 0. The van der Waals surface area contributed by atoms with Crippen LogP contribution >= 0.6 is 0 Å². The maximum absolute atomic E-state index is 6.25. The number of aromatic nitrogens is 1. The Morgan fingerprint density at radius 2 is 0.594 bits per heavy atom. The number of hydrogen-bond donors (Lipinski definition) is 0. The first-order chi connectivity index (χ1) is 31.7. The third-order valence-corrected chi connectivity index (χ3v) is 12.8. The summed E-state index contributed by atoms with van der Waals surface area (Å²) in [7, 11) is 0. The van der Waals surface area contributed by atoms with E-state index in [-0.39, 0.29) is 0 Å². The maximum Gasteiger partial charge on any atom is 0.136 e. The highest BCUT2D eigenvalue weighted by Crippen LogP contribution is 2.40. The van der Waals surface area contributed by atoms with Crippen LogP contribution in [0.15, 0.2) is 239 Å². The lowest BCUT2D eigenvalue weighted by atomic mass is 9.99. The van der Waals surface area contributed by atoms with Gasteiger partial charge < -0.3 is 18.3 Å². The van der Waals surface area contributed by atoms with E-state index < -0.39 is 0 Å². The highest BCUT2D eigenvalue weighted by Gasteiger charge is 2.17. The first kappa shape index (κ1) is 36.1. The van der Waals surface area contributed by atoms with Crippen molar-refractivity contribution in [1.82, 2.24) is 4.57 Å². The zero-order valence-corrected chi connectivity index (χ0v) is 34.7. The summed E-state index contributed by atoms with van der Waals surface area (Å²) in [5.41, 5.74) is 17.2. The van der Waals surface area contributed by atoms with Crippen molar-refractivity contribution in [3.05, 3.63) is 231 Å². The van der Waals surface area contributed by atoms with Crippen LogP contribution in [0.25, 0.3) is 105 Å². The quantitative estimate of drug-likeness (QED) is 0.161. The molecule has 3 heterocycles. The summed E-state index contributed by atoms with van der Waals surface area (Å²) < 4.78 is 14.8. The molecule has 0 bridgehead atoms. The molecule has 0 aliphatic heterocycles. The number of furan rings is 2. The second-order valence-electron chi connectivity index (χ2n) is 16.5. The van der Waals surface area contributed by atoms with E-state index in [1.165, 1.54) is 21.8 Å². The van der Waals surface area contributed by atoms with E-state index in [1.807, 2.05) is 24.3 Å². The lowest BCUT2D eigenvalue weighted by Gasteiger charge is -2.26. The fourth-order valence-electron chi connectivity index (χ4n) is 9.67. The van der Waals surface area contributed by atoms with E-state index in [1.54, 1.807) is 0 Å². The van der Waals surface area contributed by atoms with Crippen LogP contribution in [-0.2, 0) is 0 Å². The molecule has 300 valence electrons. The van der Waals surface area contributed by atoms with Crippen molar-refractivity contribution in [2.75, 3.05) is 4.90 Å². The van der Waals surface area contributed by atoms with Crippen molar-refractivity contribution in [1.29, 1.82) is 0 Å². The van der Waals surface area contributed by atoms with Crippen molar-refractivity contribution in [3.8, 4) is 39.1 Å². The minimum atomic E-state index is 0.895. The predicted molar refractivity (Wildman–Crippen MR) is 266 cm³/mol. The number of rotatable bonds is 7. The molecule has 13 aromatic rings. The number of benzene rings is 10. The Labute approximate surface area is 369 Å². The van der Waals surface area contributed by atoms with Gasteiger partial charge in [-0.1, -0.05) is 133 Å². The first-order valence-electron chi connectivity index (χ1n) is 21.7. The van der Waals surface area contributed by atoms with Crippen LogP contribution in [0.1, 0.15) is 0 Å². The van der Waals surface area contributed by atoms with Gasteiger partial charge in [-0.3, -0.25) is 0 Å². The van der Waals surface area contributed by atoms with Gasteiger partial charge in [0.2, 0.25) is 0 Å². The molecule has 0 N–H and O–H groups in total. The Kier molecular flexibility index (Phi) is 8.18. The zero-order chi connectivity index (χ0) is 42.1. The van der Waals surface area contributed by atoms with Crippen molar-refractivity contribution in [2.24, 2.45) is 0 Å². The van der Waals surface area contributed by atoms with Crippen molar-refractivity contribution < 1.29 is 8.83 Å². The Bertz CT molecular complexity index is 3820. The molecule has 13 rings (SSSR count). The van der Waals surface area contributed by atoms with E-state index >= 15 is 0 Å². The zero-order valence-electron chi connectivity index (χ0n) is 34.7. The third kappa shape index (κ3) is 5.92. The van der Waals surface area contributed by atoms with Crippen molar-refractivity contribution in [3.63, 3.8) is 0 Å². The number of anilines is 3. The minimum Gasteiger partial charge on any atom is -0.456 e. The Balaban J connectivity index is 0.849. The lowest BCUT2D eigenvalue weighted by molar-refractivity contribution is 0.668. The monoisotopic (exact) mass is 818 g/mol. The molecule has 4 nitrogen and oxygen atoms in total. The van der Waals surface area contributed by atoms with Gasteiger partial charge in [-0.2, -0.15) is 0 Å². The molecular formula is C60H38N2O2. The van der Waals surface area contributed by atoms with Gasteiger partial charge in [0.15, 0.2) is 0 Å². The van der Waals surface area contributed by atoms with Crippen LogP contribution < -0.4 is 4.90 Å². The molecule has 64 heavy (non-hydrogen) atoms. The first-order valence-corrected chi connectivity index (χ1v) is 21.7. The van der Waals surface area contributed by atoms with Crippen LogP contribution in [0, 0.1) is 0 Å². The molecule has 0 spiro atoms. The number of para-hydroxylation sites is 4. The molecule has 0 unspecified atom stereocenters. The van der Waals surface area contributed by atoms with E-state index in [4.69, 9.17) is 8.83 Å². The second kappa shape index (κ2) is 14.5. The SMILES string of the molecule is c1ccc2c(c1)oc1cc(-c3ccc(-c4ccc(N(c5ccc(-c6ccc7c(c6)oc6ccccc67)cc5)c5ccc(-n6c7ccccc7c7ccccc76)cc5)cc4)cc3)ccc12. The average molecular weight is 819 g/mol. The van der Waals surface area contributed by atoms with Gasteiger partial charge in [0.05, 0.1) is 11.0 Å².